The molecule has 22 heavy (non-hydrogen) atoms. The van der Waals surface area contributed by atoms with E-state index < -0.39 is 15.8 Å². The first-order chi connectivity index (χ1) is 9.87. The van der Waals surface area contributed by atoms with Crippen molar-refractivity contribution in [2.45, 2.75) is 43.2 Å². The molecule has 0 bridgehead atoms. The van der Waals surface area contributed by atoms with Crippen LogP contribution in [-0.4, -0.2) is 38.5 Å². The number of nitrogens with two attached hydrogens (primary N) is 1. The molecule has 1 fully saturated rings. The summed E-state index contributed by atoms with van der Waals surface area (Å²) < 4.78 is 45.4. The number of ether oxygens (including phenoxy) is 1. The summed E-state index contributed by atoms with van der Waals surface area (Å²) in [6.45, 7) is 2.22. The maximum absolute atomic E-state index is 13.8. The SMILES string of the molecule is COc1ccc(S(=O)(=O)N2CCCCC2C(C)N)cc1F.Cl. The Balaban J connectivity index is 0.00000242. The first-order valence-electron chi connectivity index (χ1n) is 6.99. The summed E-state index contributed by atoms with van der Waals surface area (Å²) in [5.41, 5.74) is 5.91. The number of sulfonamides is 1. The van der Waals surface area contributed by atoms with Gasteiger partial charge >= 0.3 is 0 Å². The van der Waals surface area contributed by atoms with Gasteiger partial charge in [-0.1, -0.05) is 6.42 Å². The lowest BCUT2D eigenvalue weighted by Crippen LogP contribution is -2.51. The molecule has 0 saturated carbocycles. The average molecular weight is 353 g/mol. The molecule has 2 N–H and O–H groups in total. The van der Waals surface area contributed by atoms with Crippen molar-refractivity contribution >= 4 is 22.4 Å². The zero-order chi connectivity index (χ0) is 15.6. The molecule has 0 radical (unpaired) electrons. The lowest BCUT2D eigenvalue weighted by molar-refractivity contribution is 0.227. The van der Waals surface area contributed by atoms with Crippen LogP contribution in [0.15, 0.2) is 23.1 Å². The molecule has 0 aromatic heterocycles. The first kappa shape index (κ1) is 19.2. The molecule has 1 aromatic carbocycles. The van der Waals surface area contributed by atoms with Crippen molar-refractivity contribution in [2.75, 3.05) is 13.7 Å². The van der Waals surface area contributed by atoms with Crippen LogP contribution in [0.3, 0.4) is 0 Å². The Bertz CT molecular complexity index is 610. The quantitative estimate of drug-likeness (QED) is 0.901. The molecule has 1 heterocycles. The van der Waals surface area contributed by atoms with Gasteiger partial charge in [0.1, 0.15) is 0 Å². The van der Waals surface area contributed by atoms with Crippen molar-refractivity contribution in [3.63, 3.8) is 0 Å². The summed E-state index contributed by atoms with van der Waals surface area (Å²) in [5, 5.41) is 0. The predicted molar refractivity (Wildman–Crippen MR) is 85.4 cm³/mol. The van der Waals surface area contributed by atoms with Gasteiger partial charge in [0.25, 0.3) is 0 Å². The molecule has 5 nitrogen and oxygen atoms in total. The summed E-state index contributed by atoms with van der Waals surface area (Å²) in [5.74, 6) is -0.663. The van der Waals surface area contributed by atoms with E-state index in [9.17, 15) is 12.8 Å². The number of hydrogen-bond donors (Lipinski definition) is 1. The molecule has 2 unspecified atom stereocenters. The molecule has 1 aliphatic heterocycles. The highest BCUT2D eigenvalue weighted by molar-refractivity contribution is 7.89. The van der Waals surface area contributed by atoms with E-state index in [4.69, 9.17) is 10.5 Å². The number of piperidine rings is 1. The van der Waals surface area contributed by atoms with E-state index in [1.807, 2.05) is 0 Å². The van der Waals surface area contributed by atoms with Crippen LogP contribution in [0.4, 0.5) is 4.39 Å². The van der Waals surface area contributed by atoms with Crippen molar-refractivity contribution in [1.29, 1.82) is 0 Å². The third kappa shape index (κ3) is 3.71. The van der Waals surface area contributed by atoms with Gasteiger partial charge in [0.05, 0.1) is 12.0 Å². The van der Waals surface area contributed by atoms with Gasteiger partial charge in [0.2, 0.25) is 10.0 Å². The Kier molecular flexibility index (Phi) is 6.61. The summed E-state index contributed by atoms with van der Waals surface area (Å²) in [6, 6.07) is 3.19. The van der Waals surface area contributed by atoms with E-state index >= 15 is 0 Å². The number of benzene rings is 1. The maximum atomic E-state index is 13.8. The second-order valence-corrected chi connectivity index (χ2v) is 7.22. The van der Waals surface area contributed by atoms with Crippen molar-refractivity contribution in [1.82, 2.24) is 4.31 Å². The number of rotatable bonds is 4. The lowest BCUT2D eigenvalue weighted by atomic mass is 10.00. The van der Waals surface area contributed by atoms with Crippen LogP contribution in [0, 0.1) is 5.82 Å². The van der Waals surface area contributed by atoms with Crippen LogP contribution >= 0.6 is 12.4 Å². The smallest absolute Gasteiger partial charge is 0.243 e. The zero-order valence-corrected chi connectivity index (χ0v) is 14.3. The normalized spacial score (nSPS) is 21.0. The maximum Gasteiger partial charge on any atom is 0.243 e. The molecule has 126 valence electrons. The highest BCUT2D eigenvalue weighted by atomic mass is 35.5. The molecule has 0 amide bonds. The van der Waals surface area contributed by atoms with Crippen LogP contribution in [0.2, 0.25) is 0 Å². The molecular weight excluding hydrogens is 331 g/mol. The molecule has 0 aliphatic carbocycles. The monoisotopic (exact) mass is 352 g/mol. The fourth-order valence-corrected chi connectivity index (χ4v) is 4.48. The van der Waals surface area contributed by atoms with E-state index in [2.05, 4.69) is 0 Å². The number of hydrogen-bond acceptors (Lipinski definition) is 4. The standard InChI is InChI=1S/C14H21FN2O3S.ClH/c1-10(16)13-5-3-4-8-17(13)21(18,19)11-6-7-14(20-2)12(15)9-11;/h6-7,9-10,13H,3-5,8,16H2,1-2H3;1H. The largest absolute Gasteiger partial charge is 0.494 e. The molecule has 0 spiro atoms. The summed E-state index contributed by atoms with van der Waals surface area (Å²) >= 11 is 0. The van der Waals surface area contributed by atoms with E-state index in [0.717, 1.165) is 25.3 Å². The Morgan fingerprint density at radius 1 is 1.41 bits per heavy atom. The van der Waals surface area contributed by atoms with Gasteiger partial charge in [-0.2, -0.15) is 4.31 Å². The van der Waals surface area contributed by atoms with Crippen LogP contribution < -0.4 is 10.5 Å². The number of nitrogens with zero attached hydrogens (tertiary/aromatic N) is 1. The lowest BCUT2D eigenvalue weighted by Gasteiger charge is -2.36. The average Bonchev–Trinajstić information content (AvgIpc) is 2.47. The Labute approximate surface area is 137 Å². The fraction of sp³-hybridized carbons (Fsp3) is 0.571. The highest BCUT2D eigenvalue weighted by Gasteiger charge is 2.35. The van der Waals surface area contributed by atoms with E-state index in [0.29, 0.717) is 6.54 Å². The first-order valence-corrected chi connectivity index (χ1v) is 8.43. The molecule has 2 rings (SSSR count). The van der Waals surface area contributed by atoms with Gasteiger partial charge in [-0.25, -0.2) is 12.8 Å². The summed E-state index contributed by atoms with van der Waals surface area (Å²) in [4.78, 5) is -0.0617. The van der Waals surface area contributed by atoms with E-state index in [1.165, 1.54) is 23.5 Å². The predicted octanol–water partition coefficient (Wildman–Crippen LogP) is 2.15. The van der Waals surface area contributed by atoms with Crippen LogP contribution in [-0.2, 0) is 10.0 Å². The molecule has 1 aliphatic rings. The molecular formula is C14H22ClFN2O3S. The number of methoxy groups -OCH3 is 1. The Hall–Kier alpha value is -0.890. The minimum absolute atomic E-state index is 0. The van der Waals surface area contributed by atoms with Gasteiger partial charge in [0.15, 0.2) is 11.6 Å². The van der Waals surface area contributed by atoms with Crippen molar-refractivity contribution in [2.24, 2.45) is 5.73 Å². The van der Waals surface area contributed by atoms with Gasteiger partial charge in [-0.3, -0.25) is 0 Å². The van der Waals surface area contributed by atoms with Gasteiger partial charge in [-0.05, 0) is 38.0 Å². The van der Waals surface area contributed by atoms with Crippen molar-refractivity contribution < 1.29 is 17.5 Å². The molecule has 1 saturated heterocycles. The second kappa shape index (κ2) is 7.59. The van der Waals surface area contributed by atoms with Crippen LogP contribution in [0.1, 0.15) is 26.2 Å². The van der Waals surface area contributed by atoms with E-state index in [-0.39, 0.29) is 35.1 Å². The van der Waals surface area contributed by atoms with Gasteiger partial charge in [-0.15, -0.1) is 12.4 Å². The minimum atomic E-state index is -3.75. The van der Waals surface area contributed by atoms with Crippen LogP contribution in [0.25, 0.3) is 0 Å². The minimum Gasteiger partial charge on any atom is -0.494 e. The number of halogens is 2. The zero-order valence-electron chi connectivity index (χ0n) is 12.7. The van der Waals surface area contributed by atoms with Crippen molar-refractivity contribution in [3.05, 3.63) is 24.0 Å². The molecule has 1 aromatic rings. The van der Waals surface area contributed by atoms with Gasteiger partial charge < -0.3 is 10.5 Å². The van der Waals surface area contributed by atoms with Gasteiger partial charge in [0, 0.05) is 18.6 Å². The molecule has 8 heteroatoms. The second-order valence-electron chi connectivity index (χ2n) is 5.33. The third-order valence-corrected chi connectivity index (χ3v) is 5.76. The molecule has 2 atom stereocenters. The Morgan fingerprint density at radius 2 is 2.09 bits per heavy atom. The summed E-state index contributed by atoms with van der Waals surface area (Å²) in [6.07, 6.45) is 2.48. The van der Waals surface area contributed by atoms with E-state index in [1.54, 1.807) is 6.92 Å². The topological polar surface area (TPSA) is 72.6 Å². The summed E-state index contributed by atoms with van der Waals surface area (Å²) in [7, 11) is -2.41. The van der Waals surface area contributed by atoms with Crippen LogP contribution in [0.5, 0.6) is 5.75 Å². The Morgan fingerprint density at radius 3 is 2.64 bits per heavy atom. The van der Waals surface area contributed by atoms with Crippen molar-refractivity contribution in [3.8, 4) is 5.75 Å². The highest BCUT2D eigenvalue weighted by Crippen LogP contribution is 2.28. The fourth-order valence-electron chi connectivity index (χ4n) is 2.70. The third-order valence-electron chi connectivity index (χ3n) is 3.84.